The SMILES string of the molecule is COCc1nc2c(N)cccc2n1CCO. The fourth-order valence-corrected chi connectivity index (χ4v) is 1.81. The Kier molecular flexibility index (Phi) is 3.07. The van der Waals surface area contributed by atoms with E-state index in [1.807, 2.05) is 22.8 Å². The molecule has 0 radical (unpaired) electrons. The van der Waals surface area contributed by atoms with Crippen LogP contribution in [0.5, 0.6) is 0 Å². The minimum atomic E-state index is 0.0664. The van der Waals surface area contributed by atoms with E-state index >= 15 is 0 Å². The molecule has 0 aliphatic rings. The van der Waals surface area contributed by atoms with Gasteiger partial charge in [0, 0.05) is 13.7 Å². The molecule has 0 aliphatic heterocycles. The summed E-state index contributed by atoms with van der Waals surface area (Å²) in [6, 6.07) is 5.63. The number of benzene rings is 1. The number of imidazole rings is 1. The number of hydrogen-bond donors (Lipinski definition) is 2. The van der Waals surface area contributed by atoms with E-state index in [-0.39, 0.29) is 6.61 Å². The standard InChI is InChI=1S/C11H15N3O2/c1-16-7-10-13-11-8(12)3-2-4-9(11)14(10)5-6-15/h2-4,15H,5-7,12H2,1H3. The lowest BCUT2D eigenvalue weighted by Crippen LogP contribution is -2.07. The van der Waals surface area contributed by atoms with Gasteiger partial charge < -0.3 is 20.1 Å². The first-order valence-corrected chi connectivity index (χ1v) is 5.11. The van der Waals surface area contributed by atoms with Crippen LogP contribution < -0.4 is 5.73 Å². The zero-order chi connectivity index (χ0) is 11.5. The van der Waals surface area contributed by atoms with Crippen LogP contribution in [0, 0.1) is 0 Å². The number of anilines is 1. The monoisotopic (exact) mass is 221 g/mol. The summed E-state index contributed by atoms with van der Waals surface area (Å²) in [7, 11) is 1.62. The number of nitrogen functional groups attached to an aromatic ring is 1. The Morgan fingerprint density at radius 1 is 1.50 bits per heavy atom. The second kappa shape index (κ2) is 4.51. The van der Waals surface area contributed by atoms with E-state index in [2.05, 4.69) is 4.98 Å². The van der Waals surface area contributed by atoms with Gasteiger partial charge in [-0.3, -0.25) is 0 Å². The topological polar surface area (TPSA) is 73.3 Å². The highest BCUT2D eigenvalue weighted by atomic mass is 16.5. The van der Waals surface area contributed by atoms with Crippen molar-refractivity contribution in [3.05, 3.63) is 24.0 Å². The number of rotatable bonds is 4. The van der Waals surface area contributed by atoms with E-state index in [0.717, 1.165) is 16.9 Å². The van der Waals surface area contributed by atoms with Crippen LogP contribution in [0.15, 0.2) is 18.2 Å². The van der Waals surface area contributed by atoms with Crippen LogP contribution >= 0.6 is 0 Å². The van der Waals surface area contributed by atoms with Gasteiger partial charge in [-0.1, -0.05) is 6.07 Å². The molecule has 0 amide bonds. The molecule has 0 bridgehead atoms. The maximum atomic E-state index is 9.04. The van der Waals surface area contributed by atoms with Gasteiger partial charge in [0.1, 0.15) is 17.9 Å². The Labute approximate surface area is 93.5 Å². The number of fused-ring (bicyclic) bond motifs is 1. The molecule has 0 saturated heterocycles. The minimum absolute atomic E-state index is 0.0664. The summed E-state index contributed by atoms with van der Waals surface area (Å²) in [5.41, 5.74) is 8.19. The third-order valence-electron chi connectivity index (χ3n) is 2.49. The number of methoxy groups -OCH3 is 1. The predicted molar refractivity (Wildman–Crippen MR) is 61.9 cm³/mol. The van der Waals surface area contributed by atoms with Crippen LogP contribution in [0.4, 0.5) is 5.69 Å². The summed E-state index contributed by atoms with van der Waals surface area (Å²) in [4.78, 5) is 4.42. The predicted octanol–water partition coefficient (Wildman–Crippen LogP) is 0.757. The molecule has 0 aliphatic carbocycles. The maximum Gasteiger partial charge on any atom is 0.136 e. The highest BCUT2D eigenvalue weighted by Crippen LogP contribution is 2.21. The molecule has 16 heavy (non-hydrogen) atoms. The van der Waals surface area contributed by atoms with Crippen LogP contribution in [0.1, 0.15) is 5.82 Å². The van der Waals surface area contributed by atoms with Crippen molar-refractivity contribution in [1.29, 1.82) is 0 Å². The number of aliphatic hydroxyl groups excluding tert-OH is 1. The van der Waals surface area contributed by atoms with Crippen molar-refractivity contribution >= 4 is 16.7 Å². The molecule has 0 unspecified atom stereocenters. The summed E-state index contributed by atoms with van der Waals surface area (Å²) in [6.45, 7) is 0.976. The fourth-order valence-electron chi connectivity index (χ4n) is 1.81. The van der Waals surface area contributed by atoms with E-state index in [1.165, 1.54) is 0 Å². The van der Waals surface area contributed by atoms with Crippen LogP contribution in [-0.4, -0.2) is 28.4 Å². The highest BCUT2D eigenvalue weighted by Gasteiger charge is 2.11. The van der Waals surface area contributed by atoms with Crippen molar-refractivity contribution in [2.24, 2.45) is 0 Å². The fraction of sp³-hybridized carbons (Fsp3) is 0.364. The molecule has 2 aromatic rings. The molecular weight excluding hydrogens is 206 g/mol. The Morgan fingerprint density at radius 3 is 3.00 bits per heavy atom. The molecule has 1 heterocycles. The second-order valence-corrected chi connectivity index (χ2v) is 3.55. The molecule has 86 valence electrons. The summed E-state index contributed by atoms with van der Waals surface area (Å²) < 4.78 is 7.00. The van der Waals surface area contributed by atoms with Crippen LogP contribution in [0.2, 0.25) is 0 Å². The Bertz CT molecular complexity index is 493. The number of aliphatic hydroxyl groups is 1. The number of para-hydroxylation sites is 1. The zero-order valence-corrected chi connectivity index (χ0v) is 9.18. The van der Waals surface area contributed by atoms with Gasteiger partial charge in [0.25, 0.3) is 0 Å². The second-order valence-electron chi connectivity index (χ2n) is 3.55. The maximum absolute atomic E-state index is 9.04. The van der Waals surface area contributed by atoms with Gasteiger partial charge in [0.2, 0.25) is 0 Å². The van der Waals surface area contributed by atoms with Crippen LogP contribution in [0.3, 0.4) is 0 Å². The summed E-state index contributed by atoms with van der Waals surface area (Å²) in [5, 5.41) is 9.04. The van der Waals surface area contributed by atoms with Gasteiger partial charge in [-0.25, -0.2) is 4.98 Å². The smallest absolute Gasteiger partial charge is 0.136 e. The van der Waals surface area contributed by atoms with Crippen molar-refractivity contribution in [1.82, 2.24) is 9.55 Å². The molecule has 0 saturated carbocycles. The Hall–Kier alpha value is -1.59. The van der Waals surface area contributed by atoms with Crippen LogP contribution in [0.25, 0.3) is 11.0 Å². The molecule has 2 rings (SSSR count). The first kappa shape index (κ1) is 10.9. The van der Waals surface area contributed by atoms with Gasteiger partial charge in [-0.2, -0.15) is 0 Å². The lowest BCUT2D eigenvalue weighted by atomic mass is 10.3. The molecule has 0 atom stereocenters. The van der Waals surface area contributed by atoms with Crippen molar-refractivity contribution < 1.29 is 9.84 Å². The molecule has 0 spiro atoms. The minimum Gasteiger partial charge on any atom is -0.397 e. The molecule has 5 heteroatoms. The van der Waals surface area contributed by atoms with Gasteiger partial charge in [-0.05, 0) is 12.1 Å². The summed E-state index contributed by atoms with van der Waals surface area (Å²) in [5.74, 6) is 0.782. The highest BCUT2D eigenvalue weighted by molar-refractivity contribution is 5.87. The third kappa shape index (κ3) is 1.75. The van der Waals surface area contributed by atoms with Gasteiger partial charge >= 0.3 is 0 Å². The van der Waals surface area contributed by atoms with Gasteiger partial charge in [0.05, 0.1) is 17.8 Å². The van der Waals surface area contributed by atoms with Crippen molar-refractivity contribution in [2.75, 3.05) is 19.5 Å². The average Bonchev–Trinajstić information content (AvgIpc) is 2.61. The van der Waals surface area contributed by atoms with E-state index in [0.29, 0.717) is 18.8 Å². The lowest BCUT2D eigenvalue weighted by Gasteiger charge is -2.06. The Morgan fingerprint density at radius 2 is 2.31 bits per heavy atom. The largest absolute Gasteiger partial charge is 0.397 e. The van der Waals surface area contributed by atoms with E-state index in [9.17, 15) is 0 Å². The molecule has 1 aromatic heterocycles. The average molecular weight is 221 g/mol. The van der Waals surface area contributed by atoms with Crippen molar-refractivity contribution in [3.8, 4) is 0 Å². The van der Waals surface area contributed by atoms with E-state index in [1.54, 1.807) is 7.11 Å². The number of nitrogens with two attached hydrogens (primary N) is 1. The first-order valence-electron chi connectivity index (χ1n) is 5.11. The van der Waals surface area contributed by atoms with Crippen LogP contribution in [-0.2, 0) is 17.9 Å². The molecule has 3 N–H and O–H groups in total. The van der Waals surface area contributed by atoms with Crippen molar-refractivity contribution in [2.45, 2.75) is 13.2 Å². The number of hydrogen-bond acceptors (Lipinski definition) is 4. The zero-order valence-electron chi connectivity index (χ0n) is 9.18. The van der Waals surface area contributed by atoms with Gasteiger partial charge in [-0.15, -0.1) is 0 Å². The molecular formula is C11H15N3O2. The molecule has 1 aromatic carbocycles. The molecule has 5 nitrogen and oxygen atoms in total. The number of ether oxygens (including phenoxy) is 1. The van der Waals surface area contributed by atoms with Crippen molar-refractivity contribution in [3.63, 3.8) is 0 Å². The first-order chi connectivity index (χ1) is 7.77. The summed E-state index contributed by atoms with van der Waals surface area (Å²) in [6.07, 6.45) is 0. The quantitative estimate of drug-likeness (QED) is 0.747. The summed E-state index contributed by atoms with van der Waals surface area (Å²) >= 11 is 0. The van der Waals surface area contributed by atoms with E-state index < -0.39 is 0 Å². The Balaban J connectivity index is 2.60. The lowest BCUT2D eigenvalue weighted by molar-refractivity contribution is 0.172. The number of nitrogens with zero attached hydrogens (tertiary/aromatic N) is 2. The number of aromatic nitrogens is 2. The third-order valence-corrected chi connectivity index (χ3v) is 2.49. The normalized spacial score (nSPS) is 11.1. The molecule has 0 fully saturated rings. The van der Waals surface area contributed by atoms with E-state index in [4.69, 9.17) is 15.6 Å². The van der Waals surface area contributed by atoms with Gasteiger partial charge in [0.15, 0.2) is 0 Å².